The Labute approximate surface area is 154 Å². The Morgan fingerprint density at radius 3 is 2.32 bits per heavy atom. The molecule has 1 amide bonds. The highest BCUT2D eigenvalue weighted by Crippen LogP contribution is 2.39. The molecule has 1 heterocycles. The Morgan fingerprint density at radius 1 is 1.24 bits per heavy atom. The summed E-state index contributed by atoms with van der Waals surface area (Å²) in [5, 5.41) is 9.20. The predicted octanol–water partition coefficient (Wildman–Crippen LogP) is 3.77. The van der Waals surface area contributed by atoms with Crippen molar-refractivity contribution in [1.29, 1.82) is 0 Å². The normalized spacial score (nSPS) is 22.2. The first-order chi connectivity index (χ1) is 11.3. The second kappa shape index (κ2) is 8.11. The summed E-state index contributed by atoms with van der Waals surface area (Å²) in [6.45, 7) is 16.9. The van der Waals surface area contributed by atoms with Crippen molar-refractivity contribution in [2.45, 2.75) is 90.3 Å². The molecule has 25 heavy (non-hydrogen) atoms. The van der Waals surface area contributed by atoms with Gasteiger partial charge in [-0.05, 0) is 51.7 Å². The summed E-state index contributed by atoms with van der Waals surface area (Å²) >= 11 is 0. The number of amides is 1. The largest absolute Gasteiger partial charge is 0.444 e. The van der Waals surface area contributed by atoms with E-state index >= 15 is 0 Å². The van der Waals surface area contributed by atoms with Crippen LogP contribution in [0.3, 0.4) is 0 Å². The molecule has 1 aliphatic heterocycles. The highest BCUT2D eigenvalue weighted by atomic mass is 28.4. The number of nitrogens with zero attached hydrogens (tertiary/aromatic N) is 1. The minimum atomic E-state index is -1.99. The molecule has 0 aromatic rings. The van der Waals surface area contributed by atoms with E-state index in [4.69, 9.17) is 14.3 Å². The number of hydrogen-bond donors (Lipinski definition) is 1. The van der Waals surface area contributed by atoms with E-state index < -0.39 is 13.9 Å². The summed E-state index contributed by atoms with van der Waals surface area (Å²) in [5.74, 6) is 5.75. The van der Waals surface area contributed by atoms with Crippen LogP contribution < -0.4 is 0 Å². The van der Waals surface area contributed by atoms with Gasteiger partial charge in [0, 0.05) is 6.54 Å². The van der Waals surface area contributed by atoms with Gasteiger partial charge in [-0.2, -0.15) is 0 Å². The predicted molar refractivity (Wildman–Crippen MR) is 103 cm³/mol. The molecule has 1 N–H and O–H groups in total. The molecule has 1 aliphatic rings. The lowest BCUT2D eigenvalue weighted by atomic mass is 10.00. The summed E-state index contributed by atoms with van der Waals surface area (Å²) in [5.41, 5.74) is -0.556. The molecule has 0 bridgehead atoms. The number of aliphatic hydroxyl groups excluding tert-OH is 1. The van der Waals surface area contributed by atoms with E-state index in [0.29, 0.717) is 6.54 Å². The lowest BCUT2D eigenvalue weighted by molar-refractivity contribution is -0.00662. The van der Waals surface area contributed by atoms with E-state index in [-0.39, 0.29) is 29.9 Å². The standard InChI is InChI=1S/C19H35NO4Si/c1-18(2,3)23-17(22)20-13-9-12-16(15(20)11-10-14-21)24-25(7,8)19(4,5)6/h15-16,21H,9,12-14H2,1-8H3/t15-,16+/m1/s1. The fraction of sp³-hybridized carbons (Fsp3) is 0.842. The number of carbonyl (C=O) groups is 1. The zero-order chi connectivity index (χ0) is 19.5. The molecule has 0 radical (unpaired) electrons. The molecule has 0 saturated carbocycles. The smallest absolute Gasteiger partial charge is 0.411 e. The van der Waals surface area contributed by atoms with Crippen molar-refractivity contribution in [3.8, 4) is 11.8 Å². The Morgan fingerprint density at radius 2 is 1.84 bits per heavy atom. The Balaban J connectivity index is 3.06. The van der Waals surface area contributed by atoms with Crippen LogP contribution in [0, 0.1) is 11.8 Å². The van der Waals surface area contributed by atoms with Crippen molar-refractivity contribution in [3.05, 3.63) is 0 Å². The number of rotatable bonds is 2. The van der Waals surface area contributed by atoms with Crippen molar-refractivity contribution in [3.63, 3.8) is 0 Å². The molecule has 0 aliphatic carbocycles. The van der Waals surface area contributed by atoms with Crippen LogP contribution in [-0.2, 0) is 9.16 Å². The third kappa shape index (κ3) is 6.32. The van der Waals surface area contributed by atoms with Gasteiger partial charge in [0.15, 0.2) is 8.32 Å². The number of ether oxygens (including phenoxy) is 1. The highest BCUT2D eigenvalue weighted by Gasteiger charge is 2.44. The molecule has 1 rings (SSSR count). The minimum Gasteiger partial charge on any atom is -0.444 e. The van der Waals surface area contributed by atoms with Gasteiger partial charge < -0.3 is 14.3 Å². The molecule has 2 atom stereocenters. The molecule has 1 saturated heterocycles. The second-order valence-corrected chi connectivity index (χ2v) is 13.9. The first kappa shape index (κ1) is 22.0. The van der Waals surface area contributed by atoms with Gasteiger partial charge in [-0.3, -0.25) is 4.90 Å². The summed E-state index contributed by atoms with van der Waals surface area (Å²) in [6.07, 6.45) is 1.20. The SMILES string of the molecule is CC(C)(C)OC(=O)N1CCC[C@H](O[Si](C)(C)C(C)(C)C)[C@H]1C#CCO. The van der Waals surface area contributed by atoms with E-state index in [0.717, 1.165) is 12.8 Å². The third-order valence-electron chi connectivity index (χ3n) is 4.78. The van der Waals surface area contributed by atoms with Crippen LogP contribution in [0.15, 0.2) is 0 Å². The monoisotopic (exact) mass is 369 g/mol. The minimum absolute atomic E-state index is 0.0795. The highest BCUT2D eigenvalue weighted by molar-refractivity contribution is 6.74. The average Bonchev–Trinajstić information content (AvgIpc) is 2.42. The fourth-order valence-corrected chi connectivity index (χ4v) is 3.84. The van der Waals surface area contributed by atoms with E-state index in [2.05, 4.69) is 45.7 Å². The van der Waals surface area contributed by atoms with Crippen LogP contribution >= 0.6 is 0 Å². The van der Waals surface area contributed by atoms with Gasteiger partial charge in [0.05, 0.1) is 6.10 Å². The lowest BCUT2D eigenvalue weighted by Gasteiger charge is -2.45. The lowest BCUT2D eigenvalue weighted by Crippen LogP contribution is -2.56. The summed E-state index contributed by atoms with van der Waals surface area (Å²) in [4.78, 5) is 14.3. The molecule has 0 aromatic heterocycles. The second-order valence-electron chi connectivity index (χ2n) is 9.16. The number of hydrogen-bond acceptors (Lipinski definition) is 4. The topological polar surface area (TPSA) is 59.0 Å². The summed E-state index contributed by atoms with van der Waals surface area (Å²) < 4.78 is 12.1. The van der Waals surface area contributed by atoms with Crippen LogP contribution in [0.4, 0.5) is 4.79 Å². The number of carbonyl (C=O) groups excluding carboxylic acids is 1. The van der Waals surface area contributed by atoms with Crippen molar-refractivity contribution in [2.24, 2.45) is 0 Å². The maximum absolute atomic E-state index is 12.6. The molecular weight excluding hydrogens is 334 g/mol. The zero-order valence-corrected chi connectivity index (χ0v) is 18.1. The van der Waals surface area contributed by atoms with Crippen molar-refractivity contribution >= 4 is 14.4 Å². The molecule has 1 fully saturated rings. The van der Waals surface area contributed by atoms with Gasteiger partial charge in [0.25, 0.3) is 0 Å². The number of piperidine rings is 1. The Kier molecular flexibility index (Phi) is 7.14. The van der Waals surface area contributed by atoms with Crippen LogP contribution in [0.1, 0.15) is 54.4 Å². The van der Waals surface area contributed by atoms with E-state index in [1.165, 1.54) is 0 Å². The van der Waals surface area contributed by atoms with E-state index in [9.17, 15) is 4.79 Å². The average molecular weight is 370 g/mol. The van der Waals surface area contributed by atoms with Crippen LogP contribution in [0.25, 0.3) is 0 Å². The zero-order valence-electron chi connectivity index (χ0n) is 17.1. The third-order valence-corrected chi connectivity index (χ3v) is 9.29. The molecule has 144 valence electrons. The summed E-state index contributed by atoms with van der Waals surface area (Å²) in [6, 6.07) is -0.384. The van der Waals surface area contributed by atoms with Crippen molar-refractivity contribution in [2.75, 3.05) is 13.2 Å². The quantitative estimate of drug-likeness (QED) is 0.594. The maximum atomic E-state index is 12.6. The first-order valence-electron chi connectivity index (χ1n) is 9.05. The molecule has 6 heteroatoms. The number of aliphatic hydroxyl groups is 1. The van der Waals surface area contributed by atoms with E-state index in [1.807, 2.05) is 20.8 Å². The molecular formula is C19H35NO4Si. The van der Waals surface area contributed by atoms with Crippen molar-refractivity contribution < 1.29 is 19.1 Å². The molecule has 0 aromatic carbocycles. The van der Waals surface area contributed by atoms with Gasteiger partial charge >= 0.3 is 6.09 Å². The van der Waals surface area contributed by atoms with Crippen molar-refractivity contribution in [1.82, 2.24) is 4.90 Å². The molecule has 0 unspecified atom stereocenters. The first-order valence-corrected chi connectivity index (χ1v) is 12.0. The number of likely N-dealkylation sites (tertiary alicyclic amines) is 1. The van der Waals surface area contributed by atoms with Crippen LogP contribution in [0.5, 0.6) is 0 Å². The van der Waals surface area contributed by atoms with Gasteiger partial charge in [-0.25, -0.2) is 4.79 Å². The van der Waals surface area contributed by atoms with E-state index in [1.54, 1.807) is 4.90 Å². The Bertz CT molecular complexity index is 522. The van der Waals surface area contributed by atoms with Gasteiger partial charge in [-0.1, -0.05) is 32.6 Å². The van der Waals surface area contributed by atoms with Crippen LogP contribution in [0.2, 0.25) is 18.1 Å². The molecule has 5 nitrogen and oxygen atoms in total. The Hall–Kier alpha value is -1.03. The van der Waals surface area contributed by atoms with Gasteiger partial charge in [0.1, 0.15) is 18.2 Å². The van der Waals surface area contributed by atoms with Gasteiger partial charge in [0.2, 0.25) is 0 Å². The van der Waals surface area contributed by atoms with Gasteiger partial charge in [-0.15, -0.1) is 0 Å². The summed E-state index contributed by atoms with van der Waals surface area (Å²) in [7, 11) is -1.99. The maximum Gasteiger partial charge on any atom is 0.411 e. The fourth-order valence-electron chi connectivity index (χ4n) is 2.49. The molecule has 0 spiro atoms. The van der Waals surface area contributed by atoms with Crippen LogP contribution in [-0.4, -0.2) is 55.3 Å².